The van der Waals surface area contributed by atoms with Crippen molar-refractivity contribution in [2.24, 2.45) is 0 Å². The molecule has 0 aromatic rings. The largest absolute Gasteiger partial charge is 0.522 e. The van der Waals surface area contributed by atoms with Crippen molar-refractivity contribution in [2.75, 3.05) is 27.3 Å². The second-order valence-corrected chi connectivity index (χ2v) is 3.06. The Kier molecular flexibility index (Phi) is 17.0. The number of carbonyl (C=O) groups excluding carboxylic acids is 3. The van der Waals surface area contributed by atoms with Gasteiger partial charge in [0.15, 0.2) is 0 Å². The van der Waals surface area contributed by atoms with E-state index in [1.165, 1.54) is 24.4 Å². The zero-order chi connectivity index (χ0) is 14.4. The van der Waals surface area contributed by atoms with Gasteiger partial charge in [0.2, 0.25) is 0 Å². The summed E-state index contributed by atoms with van der Waals surface area (Å²) in [6.45, 7) is 3.85. The third kappa shape index (κ3) is 11.4. The van der Waals surface area contributed by atoms with E-state index in [2.05, 4.69) is 11.9 Å². The first kappa shape index (κ1) is 21.4. The van der Waals surface area contributed by atoms with Gasteiger partial charge in [-0.25, -0.2) is 4.79 Å². The van der Waals surface area contributed by atoms with Gasteiger partial charge in [-0.1, -0.05) is 12.7 Å². The molecule has 0 rings (SSSR count). The van der Waals surface area contributed by atoms with Crippen molar-refractivity contribution in [2.45, 2.75) is 12.5 Å². The number of aliphatic hydroxyl groups is 1. The molecule has 0 spiro atoms. The van der Waals surface area contributed by atoms with E-state index in [1.807, 2.05) is 0 Å². The molecule has 1 unspecified atom stereocenters. The van der Waals surface area contributed by atoms with E-state index in [9.17, 15) is 14.4 Å². The molecule has 0 radical (unpaired) electrons. The summed E-state index contributed by atoms with van der Waals surface area (Å²) < 4.78 is 4.76. The first-order valence-electron chi connectivity index (χ1n) is 5.17. The van der Waals surface area contributed by atoms with Gasteiger partial charge < -0.3 is 29.6 Å². The Labute approximate surface area is 106 Å². The second kappa shape index (κ2) is 15.1. The van der Waals surface area contributed by atoms with Crippen LogP contribution >= 0.6 is 0 Å². The second-order valence-electron chi connectivity index (χ2n) is 3.06. The Bertz CT molecular complexity index is 263. The van der Waals surface area contributed by atoms with Crippen LogP contribution in [0.2, 0.25) is 0 Å². The molecule has 7 nitrogen and oxygen atoms in total. The average molecular weight is 516 g/mol. The van der Waals surface area contributed by atoms with Crippen LogP contribution in [-0.2, 0) is 14.3 Å². The molecule has 19 heavy (non-hydrogen) atoms. The number of hydrogen-bond acceptors (Lipinski definition) is 5. The SMILES string of the molecule is C=CCOC(=O)N(C)CCC(C=O)N[C-]=O.CO.[Fm]. The summed E-state index contributed by atoms with van der Waals surface area (Å²) in [5.74, 6) is 0. The molecule has 0 fully saturated rings. The molecule has 0 aromatic carbocycles. The van der Waals surface area contributed by atoms with E-state index in [1.54, 1.807) is 0 Å². The first-order valence-corrected chi connectivity index (χ1v) is 5.17. The minimum atomic E-state index is -0.632. The number of nitrogens with one attached hydrogen (secondary N) is 1. The Morgan fingerprint density at radius 3 is 2.58 bits per heavy atom. The van der Waals surface area contributed by atoms with Gasteiger partial charge >= 0.3 is 6.09 Å². The van der Waals surface area contributed by atoms with Gasteiger partial charge in [-0.2, -0.15) is 6.41 Å². The predicted octanol–water partition coefficient (Wildman–Crippen LogP) is -0.536. The van der Waals surface area contributed by atoms with Crippen LogP contribution in [0.3, 0.4) is 0 Å². The molecule has 0 aromatic heterocycles. The maximum absolute atomic E-state index is 11.2. The smallest absolute Gasteiger partial charge is 0.409 e. The fourth-order valence-corrected chi connectivity index (χ4v) is 0.914. The van der Waals surface area contributed by atoms with Crippen molar-refractivity contribution in [1.29, 1.82) is 0 Å². The summed E-state index contributed by atoms with van der Waals surface area (Å²) in [7, 11) is 2.54. The van der Waals surface area contributed by atoms with Gasteiger partial charge in [0.05, 0.1) is 6.04 Å². The summed E-state index contributed by atoms with van der Waals surface area (Å²) in [6, 6.07) is -0.632. The molecule has 0 heterocycles. The van der Waals surface area contributed by atoms with Crippen LogP contribution in [0, 0.1) is 0 Å². The van der Waals surface area contributed by atoms with Crippen molar-refractivity contribution >= 4 is 18.8 Å². The van der Waals surface area contributed by atoms with Crippen LogP contribution in [0.1, 0.15) is 6.42 Å². The topological polar surface area (TPSA) is 95.9 Å². The Balaban J connectivity index is -0.000000809. The number of amides is 2. The first-order chi connectivity index (χ1) is 8.65. The van der Waals surface area contributed by atoms with Crippen LogP contribution in [0.15, 0.2) is 12.7 Å². The monoisotopic (exact) mass is 516 g/mol. The molecule has 0 saturated heterocycles. The Morgan fingerprint density at radius 1 is 1.58 bits per heavy atom. The quantitative estimate of drug-likeness (QED) is 0.196. The molecule has 1 atom stereocenters. The number of ether oxygens (including phenoxy) is 1. The zero-order valence-corrected chi connectivity index (χ0v) is 13.3. The molecule has 116 valence electrons. The van der Waals surface area contributed by atoms with Crippen LogP contribution in [0.5, 0.6) is 0 Å². The van der Waals surface area contributed by atoms with Gasteiger partial charge in [0.1, 0.15) is 12.9 Å². The van der Waals surface area contributed by atoms with Crippen molar-refractivity contribution < 1.29 is 24.2 Å². The van der Waals surface area contributed by atoms with Gasteiger partial charge in [-0.15, -0.1) is 0 Å². The number of rotatable bonds is 8. The number of nitrogens with zero attached hydrogens (tertiary/aromatic N) is 1. The molecule has 0 aliphatic heterocycles. The predicted molar refractivity (Wildman–Crippen MR) is 65.6 cm³/mol. The fourth-order valence-electron chi connectivity index (χ4n) is 0.914. The van der Waals surface area contributed by atoms with E-state index < -0.39 is 12.1 Å². The van der Waals surface area contributed by atoms with E-state index in [-0.39, 0.29) is 6.61 Å². The Hall–Kier alpha value is -2.89. The van der Waals surface area contributed by atoms with Crippen LogP contribution in [0.4, 0.5) is 4.79 Å². The third-order valence-corrected chi connectivity index (χ3v) is 1.82. The van der Waals surface area contributed by atoms with Crippen molar-refractivity contribution in [3.8, 4) is 0 Å². The van der Waals surface area contributed by atoms with Crippen molar-refractivity contribution in [3.63, 3.8) is 0 Å². The van der Waals surface area contributed by atoms with E-state index >= 15 is 0 Å². The van der Waals surface area contributed by atoms with Gasteiger partial charge in [0, 0.05) is 20.7 Å². The molecule has 2 amide bonds. The Morgan fingerprint density at radius 2 is 2.16 bits per heavy atom. The van der Waals surface area contributed by atoms with Crippen LogP contribution < -0.4 is 5.32 Å². The van der Waals surface area contributed by atoms with Gasteiger partial charge in [-0.3, -0.25) is 0 Å². The summed E-state index contributed by atoms with van der Waals surface area (Å²) >= 11 is 0. The van der Waals surface area contributed by atoms with Crippen LogP contribution in [0.25, 0.3) is 0 Å². The molecule has 0 saturated carbocycles. The van der Waals surface area contributed by atoms with Crippen molar-refractivity contribution in [1.82, 2.24) is 10.2 Å². The number of carbonyl (C=O) groups is 2. The molecule has 0 bridgehead atoms. The minimum absolute atomic E-state index is 0. The molecule has 0 aliphatic rings. The third-order valence-electron chi connectivity index (χ3n) is 1.82. The minimum Gasteiger partial charge on any atom is -0.522 e. The van der Waals surface area contributed by atoms with E-state index in [4.69, 9.17) is 9.84 Å². The van der Waals surface area contributed by atoms with E-state index in [0.29, 0.717) is 19.3 Å². The molecular weight excluding hydrogens is 497 g/mol. The van der Waals surface area contributed by atoms with Crippen LogP contribution in [-0.4, -0.2) is 62.1 Å². The van der Waals surface area contributed by atoms with Gasteiger partial charge in [-0.05, 0) is 6.42 Å². The summed E-state index contributed by atoms with van der Waals surface area (Å²) in [4.78, 5) is 33.0. The maximum Gasteiger partial charge on any atom is 0.409 e. The number of hydrogen-bond donors (Lipinski definition) is 2. The zero-order valence-electron chi connectivity index (χ0n) is 10.9. The summed E-state index contributed by atoms with van der Waals surface area (Å²) in [6.07, 6.45) is 3.30. The average Bonchev–Trinajstić information content (AvgIpc) is 2.42. The maximum atomic E-state index is 11.2. The normalized spacial score (nSPS) is 9.63. The fraction of sp³-hybridized carbons (Fsp3) is 0.545. The summed E-state index contributed by atoms with van der Waals surface area (Å²) in [5.41, 5.74) is 0. The number of aldehydes is 1. The van der Waals surface area contributed by atoms with Crippen molar-refractivity contribution in [3.05, 3.63) is 12.7 Å². The molecular formula is C11H19FmN2O5-. The standard InChI is InChI=1S/C10H15N2O4.CH4O.Fm/c1-3-6-16-10(15)12(2)5-4-9(7-13)11-8-14;1-2;/h3,7,9H,1,4-6H2,2H3,(H,11,14);2H,1H3;/q-1;;. The van der Waals surface area contributed by atoms with E-state index in [0.717, 1.165) is 7.11 Å². The van der Waals surface area contributed by atoms with Gasteiger partial charge in [0.25, 0.3) is 0 Å². The summed E-state index contributed by atoms with van der Waals surface area (Å²) in [5, 5.41) is 9.20. The molecule has 8 heteroatoms. The number of aliphatic hydroxyl groups excluding tert-OH is 1. The molecule has 2 N–H and O–H groups in total. The molecule has 0 aliphatic carbocycles.